The Balaban J connectivity index is 2.63. The second-order valence-electron chi connectivity index (χ2n) is 2.96. The Labute approximate surface area is 86.8 Å². The first-order chi connectivity index (χ1) is 6.94. The van der Waals surface area contributed by atoms with Crippen LogP contribution in [0, 0.1) is 10.1 Å². The minimum absolute atomic E-state index is 0.0307. The summed E-state index contributed by atoms with van der Waals surface area (Å²) in [4.78, 5) is 13.2. The molecule has 0 bridgehead atoms. The lowest BCUT2D eigenvalue weighted by Gasteiger charge is -2.00. The molecule has 0 saturated carbocycles. The van der Waals surface area contributed by atoms with Crippen LogP contribution in [0.1, 0.15) is 6.92 Å². The molecule has 0 N–H and O–H groups in total. The van der Waals surface area contributed by atoms with Gasteiger partial charge in [0.1, 0.15) is 6.20 Å². The van der Waals surface area contributed by atoms with Gasteiger partial charge in [0.15, 0.2) is 9.84 Å². The summed E-state index contributed by atoms with van der Waals surface area (Å²) in [5.74, 6) is -0.232. The Kier molecular flexibility index (Phi) is 3.40. The molecule has 0 aromatic carbocycles. The number of aromatic nitrogens is 2. The molecule has 0 spiro atoms. The molecule has 8 heteroatoms. The number of nitrogens with zero attached hydrogens (tertiary/aromatic N) is 3. The van der Waals surface area contributed by atoms with E-state index >= 15 is 0 Å². The zero-order valence-corrected chi connectivity index (χ0v) is 8.98. The highest BCUT2D eigenvalue weighted by molar-refractivity contribution is 7.91. The highest BCUT2D eigenvalue weighted by Crippen LogP contribution is 2.05. The van der Waals surface area contributed by atoms with Crippen molar-refractivity contribution >= 4 is 15.7 Å². The van der Waals surface area contributed by atoms with Gasteiger partial charge in [0, 0.05) is 12.3 Å². The largest absolute Gasteiger partial charge is 0.381 e. The standard InChI is InChI=1S/C7H11N3O4S/c1-2-15(13,14)4-3-9-5-7(8-6-9)10(11)12/h5-6H,2-4H2,1H3. The topological polar surface area (TPSA) is 95.1 Å². The summed E-state index contributed by atoms with van der Waals surface area (Å²) in [6, 6.07) is 0. The molecule has 0 fully saturated rings. The number of hydrogen-bond donors (Lipinski definition) is 0. The van der Waals surface area contributed by atoms with Gasteiger partial charge in [0.05, 0.1) is 5.75 Å². The van der Waals surface area contributed by atoms with Crippen molar-refractivity contribution in [2.24, 2.45) is 0 Å². The quantitative estimate of drug-likeness (QED) is 0.535. The fraction of sp³-hybridized carbons (Fsp3) is 0.571. The monoisotopic (exact) mass is 233 g/mol. The minimum atomic E-state index is -3.05. The van der Waals surface area contributed by atoms with E-state index in [1.165, 1.54) is 17.1 Å². The van der Waals surface area contributed by atoms with Crippen molar-refractivity contribution in [3.05, 3.63) is 22.6 Å². The summed E-state index contributed by atoms with van der Waals surface area (Å²) in [5.41, 5.74) is 0. The summed E-state index contributed by atoms with van der Waals surface area (Å²) in [6.07, 6.45) is 2.47. The van der Waals surface area contributed by atoms with Gasteiger partial charge in [-0.3, -0.25) is 0 Å². The molecular weight excluding hydrogens is 222 g/mol. The van der Waals surface area contributed by atoms with Crippen molar-refractivity contribution in [1.29, 1.82) is 0 Å². The summed E-state index contributed by atoms with van der Waals surface area (Å²) < 4.78 is 23.7. The molecule has 7 nitrogen and oxygen atoms in total. The van der Waals surface area contributed by atoms with Gasteiger partial charge in [-0.2, -0.15) is 0 Å². The lowest BCUT2D eigenvalue weighted by Crippen LogP contribution is -2.13. The highest BCUT2D eigenvalue weighted by atomic mass is 32.2. The van der Waals surface area contributed by atoms with Gasteiger partial charge in [-0.25, -0.2) is 8.42 Å². The Morgan fingerprint density at radius 3 is 2.73 bits per heavy atom. The zero-order chi connectivity index (χ0) is 11.5. The van der Waals surface area contributed by atoms with Crippen molar-refractivity contribution < 1.29 is 13.3 Å². The lowest BCUT2D eigenvalue weighted by molar-refractivity contribution is -0.389. The van der Waals surface area contributed by atoms with Gasteiger partial charge >= 0.3 is 5.82 Å². The predicted octanol–water partition coefficient (Wildman–Crippen LogP) is 0.226. The third-order valence-corrected chi connectivity index (χ3v) is 3.59. The van der Waals surface area contributed by atoms with E-state index in [9.17, 15) is 18.5 Å². The first-order valence-electron chi connectivity index (χ1n) is 4.31. The van der Waals surface area contributed by atoms with Gasteiger partial charge in [-0.1, -0.05) is 6.92 Å². The van der Waals surface area contributed by atoms with Crippen LogP contribution in [0.3, 0.4) is 0 Å². The number of nitro groups is 1. The van der Waals surface area contributed by atoms with E-state index in [-0.39, 0.29) is 23.9 Å². The van der Waals surface area contributed by atoms with E-state index in [2.05, 4.69) is 4.98 Å². The normalized spacial score (nSPS) is 11.5. The third kappa shape index (κ3) is 3.31. The molecule has 0 amide bonds. The molecule has 1 aromatic rings. The zero-order valence-electron chi connectivity index (χ0n) is 8.16. The smallest absolute Gasteiger partial charge is 0.358 e. The predicted molar refractivity (Wildman–Crippen MR) is 53.2 cm³/mol. The van der Waals surface area contributed by atoms with E-state index in [0.29, 0.717) is 0 Å². The van der Waals surface area contributed by atoms with Crippen molar-refractivity contribution in [3.8, 4) is 0 Å². The number of imidazole rings is 1. The maximum Gasteiger partial charge on any atom is 0.381 e. The molecular formula is C7H11N3O4S. The molecule has 0 aliphatic carbocycles. The van der Waals surface area contributed by atoms with Crippen molar-refractivity contribution in [2.45, 2.75) is 13.5 Å². The van der Waals surface area contributed by atoms with Crippen LogP contribution >= 0.6 is 0 Å². The second kappa shape index (κ2) is 4.39. The summed E-state index contributed by atoms with van der Waals surface area (Å²) in [7, 11) is -3.05. The van der Waals surface area contributed by atoms with Gasteiger partial charge < -0.3 is 14.7 Å². The van der Waals surface area contributed by atoms with Crippen LogP contribution < -0.4 is 0 Å². The second-order valence-corrected chi connectivity index (χ2v) is 5.44. The van der Waals surface area contributed by atoms with E-state index in [1.54, 1.807) is 6.92 Å². The van der Waals surface area contributed by atoms with Gasteiger partial charge in [-0.05, 0) is 9.91 Å². The fourth-order valence-electron chi connectivity index (χ4n) is 0.954. The average Bonchev–Trinajstić information content (AvgIpc) is 2.63. The highest BCUT2D eigenvalue weighted by Gasteiger charge is 2.12. The molecule has 1 heterocycles. The van der Waals surface area contributed by atoms with E-state index in [4.69, 9.17) is 0 Å². The van der Waals surface area contributed by atoms with E-state index in [0.717, 1.165) is 0 Å². The Morgan fingerprint density at radius 1 is 1.60 bits per heavy atom. The van der Waals surface area contributed by atoms with Crippen LogP contribution in [0.25, 0.3) is 0 Å². The molecule has 0 unspecified atom stereocenters. The van der Waals surface area contributed by atoms with Crippen LogP contribution in [-0.4, -0.2) is 34.4 Å². The van der Waals surface area contributed by atoms with Crippen LogP contribution in [0.2, 0.25) is 0 Å². The van der Waals surface area contributed by atoms with Crippen molar-refractivity contribution in [3.63, 3.8) is 0 Å². The van der Waals surface area contributed by atoms with Gasteiger partial charge in [-0.15, -0.1) is 0 Å². The molecule has 1 aromatic heterocycles. The number of sulfone groups is 1. The molecule has 15 heavy (non-hydrogen) atoms. The molecule has 0 saturated heterocycles. The molecule has 0 radical (unpaired) electrons. The fourth-order valence-corrected chi connectivity index (χ4v) is 1.73. The minimum Gasteiger partial charge on any atom is -0.358 e. The molecule has 0 atom stereocenters. The number of rotatable bonds is 5. The van der Waals surface area contributed by atoms with Crippen LogP contribution in [-0.2, 0) is 16.4 Å². The third-order valence-electron chi connectivity index (χ3n) is 1.91. The maximum atomic E-state index is 11.1. The SMILES string of the molecule is CCS(=O)(=O)CCn1cnc([N+](=O)[O-])c1. The molecule has 1 rings (SSSR count). The summed E-state index contributed by atoms with van der Waals surface area (Å²) in [6.45, 7) is 1.75. The molecule has 84 valence electrons. The molecule has 0 aliphatic heterocycles. The van der Waals surface area contributed by atoms with Gasteiger partial charge in [0.25, 0.3) is 0 Å². The Bertz CT molecular complexity index is 451. The van der Waals surface area contributed by atoms with E-state index in [1.807, 2.05) is 0 Å². The Hall–Kier alpha value is -1.44. The Morgan fingerprint density at radius 2 is 2.27 bits per heavy atom. The lowest BCUT2D eigenvalue weighted by atomic mass is 10.7. The average molecular weight is 233 g/mol. The first-order valence-corrected chi connectivity index (χ1v) is 6.13. The summed E-state index contributed by atoms with van der Waals surface area (Å²) >= 11 is 0. The van der Waals surface area contributed by atoms with Crippen LogP contribution in [0.4, 0.5) is 5.82 Å². The first kappa shape index (κ1) is 11.6. The maximum absolute atomic E-state index is 11.1. The number of aryl methyl sites for hydroxylation is 1. The van der Waals surface area contributed by atoms with Gasteiger partial charge in [0.2, 0.25) is 6.33 Å². The van der Waals surface area contributed by atoms with Crippen molar-refractivity contribution in [2.75, 3.05) is 11.5 Å². The summed E-state index contributed by atoms with van der Waals surface area (Å²) in [5, 5.41) is 10.3. The van der Waals surface area contributed by atoms with E-state index < -0.39 is 14.8 Å². The van der Waals surface area contributed by atoms with Crippen LogP contribution in [0.15, 0.2) is 12.5 Å². The molecule has 0 aliphatic rings. The van der Waals surface area contributed by atoms with Crippen molar-refractivity contribution in [1.82, 2.24) is 9.55 Å². The number of hydrogen-bond acceptors (Lipinski definition) is 5. The van der Waals surface area contributed by atoms with Crippen LogP contribution in [0.5, 0.6) is 0 Å².